The van der Waals surface area contributed by atoms with Crippen molar-refractivity contribution in [3.05, 3.63) is 68.7 Å². The van der Waals surface area contributed by atoms with E-state index < -0.39 is 10.9 Å². The van der Waals surface area contributed by atoms with Gasteiger partial charge in [0.05, 0.1) is 33.4 Å². The number of carbonyl (C=O) groups excluding carboxylic acids is 1. The van der Waals surface area contributed by atoms with Crippen molar-refractivity contribution in [3.8, 4) is 0 Å². The van der Waals surface area contributed by atoms with Crippen LogP contribution in [-0.2, 0) is 0 Å². The van der Waals surface area contributed by atoms with E-state index >= 15 is 0 Å². The highest BCUT2D eigenvalue weighted by atomic mass is 35.5. The van der Waals surface area contributed by atoms with E-state index in [1.165, 1.54) is 36.5 Å². The molecule has 0 aliphatic rings. The van der Waals surface area contributed by atoms with E-state index in [0.717, 1.165) is 0 Å². The van der Waals surface area contributed by atoms with Crippen molar-refractivity contribution in [1.29, 1.82) is 0 Å². The Morgan fingerprint density at radius 2 is 2.00 bits per heavy atom. The van der Waals surface area contributed by atoms with Crippen molar-refractivity contribution >= 4 is 35.2 Å². The first-order valence-corrected chi connectivity index (χ1v) is 6.40. The smallest absolute Gasteiger partial charge is 0.278 e. The molecular weight excluding hydrogens is 310 g/mol. The summed E-state index contributed by atoms with van der Waals surface area (Å²) >= 11 is 5.91. The zero-order valence-corrected chi connectivity index (χ0v) is 11.8. The monoisotopic (exact) mass is 318 g/mol. The van der Waals surface area contributed by atoms with E-state index in [1.54, 1.807) is 12.1 Å². The second-order valence-corrected chi connectivity index (χ2v) is 4.58. The largest absolute Gasteiger partial charge is 0.545 e. The molecule has 1 N–H and O–H groups in total. The third-order valence-electron chi connectivity index (χ3n) is 2.72. The fourth-order valence-electron chi connectivity index (χ4n) is 1.67. The normalized spacial score (nSPS) is 10.6. The molecule has 2 aromatic carbocycles. The molecule has 0 unspecified atom stereocenters. The number of benzene rings is 2. The van der Waals surface area contributed by atoms with Gasteiger partial charge in [0.2, 0.25) is 0 Å². The molecule has 2 aromatic rings. The number of nitro benzene ring substituents is 1. The second kappa shape index (κ2) is 6.68. The summed E-state index contributed by atoms with van der Waals surface area (Å²) in [5, 5.41) is 25.7. The number of carboxylic acids is 1. The molecular formula is C14H9ClN3O4-. The van der Waals surface area contributed by atoms with Gasteiger partial charge in [-0.1, -0.05) is 29.8 Å². The highest BCUT2D eigenvalue weighted by Gasteiger charge is 2.10. The molecule has 0 bridgehead atoms. The number of hydrogen-bond donors (Lipinski definition) is 1. The number of rotatable bonds is 5. The van der Waals surface area contributed by atoms with Crippen LogP contribution in [0.1, 0.15) is 15.9 Å². The van der Waals surface area contributed by atoms with E-state index in [2.05, 4.69) is 10.5 Å². The molecule has 112 valence electrons. The van der Waals surface area contributed by atoms with Crippen LogP contribution in [-0.4, -0.2) is 17.1 Å². The minimum atomic E-state index is -1.35. The number of hydrazone groups is 1. The minimum absolute atomic E-state index is 0.0622. The van der Waals surface area contributed by atoms with E-state index in [-0.39, 0.29) is 22.0 Å². The van der Waals surface area contributed by atoms with E-state index in [0.29, 0.717) is 5.56 Å². The molecule has 0 heterocycles. The summed E-state index contributed by atoms with van der Waals surface area (Å²) < 4.78 is 0. The van der Waals surface area contributed by atoms with E-state index in [9.17, 15) is 20.0 Å². The molecule has 0 spiro atoms. The van der Waals surface area contributed by atoms with Crippen LogP contribution >= 0.6 is 11.6 Å². The predicted octanol–water partition coefficient (Wildman–Crippen LogP) is 2.06. The zero-order chi connectivity index (χ0) is 16.1. The number of anilines is 1. The lowest BCUT2D eigenvalue weighted by Crippen LogP contribution is -2.22. The Bertz CT molecular complexity index is 762. The molecule has 0 atom stereocenters. The van der Waals surface area contributed by atoms with Crippen molar-refractivity contribution in [2.45, 2.75) is 0 Å². The molecule has 0 aliphatic carbocycles. The van der Waals surface area contributed by atoms with Gasteiger partial charge >= 0.3 is 0 Å². The Morgan fingerprint density at radius 3 is 2.68 bits per heavy atom. The Balaban J connectivity index is 2.22. The van der Waals surface area contributed by atoms with Gasteiger partial charge in [0.1, 0.15) is 0 Å². The summed E-state index contributed by atoms with van der Waals surface area (Å²) in [6.07, 6.45) is 1.25. The van der Waals surface area contributed by atoms with Crippen molar-refractivity contribution in [3.63, 3.8) is 0 Å². The lowest BCUT2D eigenvalue weighted by atomic mass is 10.2. The highest BCUT2D eigenvalue weighted by molar-refractivity contribution is 6.33. The summed E-state index contributed by atoms with van der Waals surface area (Å²) in [5.41, 5.74) is 2.94. The van der Waals surface area contributed by atoms with Crippen LogP contribution in [0.15, 0.2) is 47.6 Å². The standard InChI is InChI=1S/C14H10ClN3O4/c15-11-6-5-9(14(19)20)7-12(11)17-16-8-10-3-1-2-4-13(10)18(21)22/h1-8,17H,(H,19,20)/p-1/b16-8-. The van der Waals surface area contributed by atoms with Crippen LogP contribution in [0.25, 0.3) is 0 Å². The number of carbonyl (C=O) groups is 1. The Kier molecular flexibility index (Phi) is 4.70. The average Bonchev–Trinajstić information content (AvgIpc) is 2.49. The van der Waals surface area contributed by atoms with Crippen LogP contribution in [0.4, 0.5) is 11.4 Å². The number of para-hydroxylation sites is 1. The first-order valence-electron chi connectivity index (χ1n) is 6.02. The number of hydrogen-bond acceptors (Lipinski definition) is 6. The van der Waals surface area contributed by atoms with Gasteiger partial charge in [-0.2, -0.15) is 5.10 Å². The van der Waals surface area contributed by atoms with Gasteiger partial charge in [0.15, 0.2) is 0 Å². The summed E-state index contributed by atoms with van der Waals surface area (Å²) in [6.45, 7) is 0. The van der Waals surface area contributed by atoms with Crippen LogP contribution in [0.5, 0.6) is 0 Å². The van der Waals surface area contributed by atoms with Crippen molar-refractivity contribution in [2.75, 3.05) is 5.43 Å². The molecule has 0 saturated heterocycles. The number of nitro groups is 1. The fourth-order valence-corrected chi connectivity index (χ4v) is 1.83. The Labute approximate surface area is 130 Å². The first-order chi connectivity index (χ1) is 10.5. The van der Waals surface area contributed by atoms with E-state index in [1.807, 2.05) is 0 Å². The molecule has 0 radical (unpaired) electrons. The van der Waals surface area contributed by atoms with Gasteiger partial charge in [0, 0.05) is 6.07 Å². The van der Waals surface area contributed by atoms with Crippen molar-refractivity contribution in [1.82, 2.24) is 0 Å². The lowest BCUT2D eigenvalue weighted by Gasteiger charge is -2.07. The van der Waals surface area contributed by atoms with Gasteiger partial charge in [-0.25, -0.2) is 0 Å². The summed E-state index contributed by atoms with van der Waals surface area (Å²) in [5.74, 6) is -1.35. The number of nitrogens with zero attached hydrogens (tertiary/aromatic N) is 2. The Morgan fingerprint density at radius 1 is 1.27 bits per heavy atom. The molecule has 0 amide bonds. The first kappa shape index (κ1) is 15.5. The fraction of sp³-hybridized carbons (Fsp3) is 0. The Hall–Kier alpha value is -2.93. The molecule has 0 saturated carbocycles. The maximum Gasteiger partial charge on any atom is 0.278 e. The minimum Gasteiger partial charge on any atom is -0.545 e. The van der Waals surface area contributed by atoms with Gasteiger partial charge < -0.3 is 9.90 Å². The van der Waals surface area contributed by atoms with Crippen LogP contribution in [0.2, 0.25) is 5.02 Å². The molecule has 0 aromatic heterocycles. The molecule has 0 aliphatic heterocycles. The maximum absolute atomic E-state index is 10.9. The van der Waals surface area contributed by atoms with E-state index in [4.69, 9.17) is 11.6 Å². The highest BCUT2D eigenvalue weighted by Crippen LogP contribution is 2.23. The molecule has 2 rings (SSSR count). The average molecular weight is 319 g/mol. The lowest BCUT2D eigenvalue weighted by molar-refractivity contribution is -0.385. The number of nitrogens with one attached hydrogen (secondary N) is 1. The molecule has 7 nitrogen and oxygen atoms in total. The van der Waals surface area contributed by atoms with Gasteiger partial charge in [-0.05, 0) is 23.8 Å². The summed E-state index contributed by atoms with van der Waals surface area (Å²) in [6, 6.07) is 10.0. The molecule has 22 heavy (non-hydrogen) atoms. The summed E-state index contributed by atoms with van der Waals surface area (Å²) in [4.78, 5) is 21.1. The topological polar surface area (TPSA) is 108 Å². The predicted molar refractivity (Wildman–Crippen MR) is 80.1 cm³/mol. The molecule has 0 fully saturated rings. The maximum atomic E-state index is 10.9. The number of carboxylic acid groups (broad SMARTS) is 1. The van der Waals surface area contributed by atoms with Gasteiger partial charge in [-0.15, -0.1) is 0 Å². The van der Waals surface area contributed by atoms with Crippen molar-refractivity contribution in [2.24, 2.45) is 5.10 Å². The molecule has 8 heteroatoms. The third-order valence-corrected chi connectivity index (χ3v) is 3.05. The number of aromatic carboxylic acids is 1. The van der Waals surface area contributed by atoms with Crippen LogP contribution in [0.3, 0.4) is 0 Å². The van der Waals surface area contributed by atoms with Gasteiger partial charge in [0.25, 0.3) is 5.69 Å². The van der Waals surface area contributed by atoms with Gasteiger partial charge in [-0.3, -0.25) is 15.5 Å². The number of halogens is 1. The zero-order valence-electron chi connectivity index (χ0n) is 11.0. The third kappa shape index (κ3) is 3.58. The quantitative estimate of drug-likeness (QED) is 0.515. The SMILES string of the molecule is O=C([O-])c1ccc(Cl)c(N/N=C\c2ccccc2[N+](=O)[O-])c1. The van der Waals surface area contributed by atoms with Crippen LogP contribution < -0.4 is 10.5 Å². The summed E-state index contributed by atoms with van der Waals surface area (Å²) in [7, 11) is 0. The van der Waals surface area contributed by atoms with Crippen LogP contribution in [0, 0.1) is 10.1 Å². The van der Waals surface area contributed by atoms with Crippen molar-refractivity contribution < 1.29 is 14.8 Å². The second-order valence-electron chi connectivity index (χ2n) is 4.17.